The van der Waals surface area contributed by atoms with Crippen LogP contribution in [0.5, 0.6) is 11.5 Å². The van der Waals surface area contributed by atoms with Gasteiger partial charge in [-0.1, -0.05) is 64.1 Å². The number of Topliss-reactive ketones (excluding diaryl/α,β-unsaturated/α-hetero) is 2. The summed E-state index contributed by atoms with van der Waals surface area (Å²) in [5.41, 5.74) is 3.66. The van der Waals surface area contributed by atoms with Crippen LogP contribution in [-0.4, -0.2) is 41.2 Å². The average molecular weight is 544 g/mol. The van der Waals surface area contributed by atoms with Crippen molar-refractivity contribution in [2.45, 2.75) is 65.9 Å². The van der Waals surface area contributed by atoms with E-state index in [9.17, 15) is 19.5 Å². The van der Waals surface area contributed by atoms with E-state index in [1.54, 1.807) is 12.0 Å². The molecule has 0 amide bonds. The van der Waals surface area contributed by atoms with Gasteiger partial charge in [0.2, 0.25) is 0 Å². The summed E-state index contributed by atoms with van der Waals surface area (Å²) < 4.78 is 11.8. The number of carbonyl (C=O) groups is 3. The quantitative estimate of drug-likeness (QED) is 0.455. The number of aliphatic carboxylic acids is 1. The Morgan fingerprint density at radius 1 is 0.875 bits per heavy atom. The van der Waals surface area contributed by atoms with E-state index in [0.29, 0.717) is 54.9 Å². The van der Waals surface area contributed by atoms with Crippen molar-refractivity contribution >= 4 is 17.5 Å². The Morgan fingerprint density at radius 3 is 1.98 bits per heavy atom. The van der Waals surface area contributed by atoms with Crippen molar-refractivity contribution in [1.29, 1.82) is 0 Å². The molecule has 7 heteroatoms. The van der Waals surface area contributed by atoms with Crippen molar-refractivity contribution in [3.8, 4) is 11.5 Å². The first-order chi connectivity index (χ1) is 18.9. The molecule has 1 N–H and O–H groups in total. The predicted octanol–water partition coefficient (Wildman–Crippen LogP) is 6.04. The first-order valence-electron chi connectivity index (χ1n) is 13.8. The van der Waals surface area contributed by atoms with Crippen LogP contribution >= 0.6 is 0 Å². The van der Waals surface area contributed by atoms with E-state index in [0.717, 1.165) is 22.5 Å². The maximum Gasteiger partial charge on any atom is 0.323 e. The van der Waals surface area contributed by atoms with Crippen molar-refractivity contribution in [2.24, 2.45) is 10.8 Å². The lowest BCUT2D eigenvalue weighted by Crippen LogP contribution is -2.45. The Labute approximate surface area is 235 Å². The van der Waals surface area contributed by atoms with Crippen LogP contribution in [0.3, 0.4) is 0 Å². The molecule has 3 aliphatic rings. The molecule has 0 radical (unpaired) electrons. The van der Waals surface area contributed by atoms with Crippen molar-refractivity contribution in [2.75, 3.05) is 13.7 Å². The minimum Gasteiger partial charge on any atom is -0.493 e. The van der Waals surface area contributed by atoms with Crippen LogP contribution in [0.15, 0.2) is 71.1 Å². The Balaban J connectivity index is 1.64. The number of allylic oxidation sites excluding steroid dienone is 4. The zero-order valence-electron chi connectivity index (χ0n) is 23.9. The Bertz CT molecular complexity index is 1380. The number of ketones is 2. The third kappa shape index (κ3) is 5.29. The molecule has 1 heterocycles. The number of carboxylic acid groups (broad SMARTS) is 1. The average Bonchev–Trinajstić information content (AvgIpc) is 2.87. The second-order valence-electron chi connectivity index (χ2n) is 12.7. The van der Waals surface area contributed by atoms with Crippen LogP contribution in [0.2, 0.25) is 0 Å². The minimum absolute atomic E-state index is 0.0424. The van der Waals surface area contributed by atoms with Gasteiger partial charge in [-0.05, 0) is 46.9 Å². The van der Waals surface area contributed by atoms with Gasteiger partial charge in [0, 0.05) is 41.3 Å². The fourth-order valence-electron chi connectivity index (χ4n) is 6.43. The Kier molecular flexibility index (Phi) is 7.11. The van der Waals surface area contributed by atoms with Crippen LogP contribution in [0.1, 0.15) is 70.4 Å². The molecule has 2 aromatic rings. The summed E-state index contributed by atoms with van der Waals surface area (Å²) in [5.74, 6) is -0.588. The molecular formula is C33H37NO6. The van der Waals surface area contributed by atoms with Crippen molar-refractivity contribution in [3.05, 3.63) is 82.2 Å². The van der Waals surface area contributed by atoms with Crippen molar-refractivity contribution in [3.63, 3.8) is 0 Å². The Morgan fingerprint density at radius 2 is 1.45 bits per heavy atom. The lowest BCUT2D eigenvalue weighted by molar-refractivity contribution is -0.138. The lowest BCUT2D eigenvalue weighted by atomic mass is 9.63. The third-order valence-electron chi connectivity index (χ3n) is 8.07. The molecule has 0 fully saturated rings. The topological polar surface area (TPSA) is 93.1 Å². The minimum atomic E-state index is -0.995. The number of rotatable bonds is 7. The zero-order chi connectivity index (χ0) is 28.8. The fourth-order valence-corrected chi connectivity index (χ4v) is 6.43. The molecule has 0 bridgehead atoms. The van der Waals surface area contributed by atoms with E-state index in [1.165, 1.54) is 0 Å². The molecule has 0 atom stereocenters. The van der Waals surface area contributed by atoms with Gasteiger partial charge in [0.15, 0.2) is 23.1 Å². The van der Waals surface area contributed by atoms with Crippen molar-refractivity contribution in [1.82, 2.24) is 4.90 Å². The number of carbonyl (C=O) groups excluding carboxylic acids is 2. The van der Waals surface area contributed by atoms with E-state index in [-0.39, 0.29) is 28.9 Å². The summed E-state index contributed by atoms with van der Waals surface area (Å²) in [6, 6.07) is 15.4. The molecule has 7 nitrogen and oxygen atoms in total. The van der Waals surface area contributed by atoms with Gasteiger partial charge >= 0.3 is 5.97 Å². The summed E-state index contributed by atoms with van der Waals surface area (Å²) in [6.07, 6.45) is 1.78. The maximum absolute atomic E-state index is 13.8. The number of hydrogen-bond acceptors (Lipinski definition) is 6. The molecule has 210 valence electrons. The molecular weight excluding hydrogens is 506 g/mol. The summed E-state index contributed by atoms with van der Waals surface area (Å²) in [7, 11) is 1.57. The fraction of sp³-hybridized carbons (Fsp3) is 0.424. The normalized spacial score (nSPS) is 20.3. The van der Waals surface area contributed by atoms with E-state index in [4.69, 9.17) is 9.47 Å². The standard InChI is InChI=1S/C33H37NO6/c1-32(2)14-22-30(24(35)16-32)29(31-23(34(22)18-28(37)38)15-33(3,4)17-25(31)36)21-11-12-26(27(13-21)39-5)40-19-20-9-7-6-8-10-20/h6-13,29H,14-19H2,1-5H3,(H,37,38). The zero-order valence-corrected chi connectivity index (χ0v) is 23.9. The van der Waals surface area contributed by atoms with Gasteiger partial charge in [0.05, 0.1) is 7.11 Å². The smallest absolute Gasteiger partial charge is 0.323 e. The predicted molar refractivity (Wildman–Crippen MR) is 151 cm³/mol. The van der Waals surface area contributed by atoms with E-state index < -0.39 is 11.9 Å². The van der Waals surface area contributed by atoms with Crippen LogP contribution in [0, 0.1) is 10.8 Å². The van der Waals surface area contributed by atoms with Gasteiger partial charge in [0.25, 0.3) is 0 Å². The summed E-state index contributed by atoms with van der Waals surface area (Å²) in [5, 5.41) is 9.87. The van der Waals surface area contributed by atoms with Gasteiger partial charge < -0.3 is 19.5 Å². The maximum atomic E-state index is 13.8. The molecule has 0 aromatic heterocycles. The number of methoxy groups -OCH3 is 1. The first kappa shape index (κ1) is 27.7. The number of nitrogens with zero attached hydrogens (tertiary/aromatic N) is 1. The number of ether oxygens (including phenoxy) is 2. The molecule has 2 aliphatic carbocycles. The third-order valence-corrected chi connectivity index (χ3v) is 8.07. The van der Waals surface area contributed by atoms with Crippen LogP contribution < -0.4 is 9.47 Å². The summed E-state index contributed by atoms with van der Waals surface area (Å²) >= 11 is 0. The van der Waals surface area contributed by atoms with Gasteiger partial charge in [-0.15, -0.1) is 0 Å². The van der Waals surface area contributed by atoms with E-state index in [2.05, 4.69) is 0 Å². The molecule has 0 spiro atoms. The van der Waals surface area contributed by atoms with Crippen LogP contribution in [0.4, 0.5) is 0 Å². The van der Waals surface area contributed by atoms with Gasteiger partial charge in [-0.25, -0.2) is 0 Å². The van der Waals surface area contributed by atoms with Crippen molar-refractivity contribution < 1.29 is 29.0 Å². The molecule has 40 heavy (non-hydrogen) atoms. The highest BCUT2D eigenvalue weighted by Crippen LogP contribution is 2.54. The highest BCUT2D eigenvalue weighted by atomic mass is 16.5. The number of hydrogen-bond donors (Lipinski definition) is 1. The molecule has 2 aromatic carbocycles. The van der Waals surface area contributed by atoms with Gasteiger partial charge in [-0.2, -0.15) is 0 Å². The summed E-state index contributed by atoms with van der Waals surface area (Å²) in [6.45, 7) is 8.21. The Hall–Kier alpha value is -3.87. The second kappa shape index (κ2) is 10.3. The molecule has 0 saturated heterocycles. The highest BCUT2D eigenvalue weighted by molar-refractivity contribution is 6.07. The number of carboxylic acids is 1. The summed E-state index contributed by atoms with van der Waals surface area (Å²) in [4.78, 5) is 41.5. The monoisotopic (exact) mass is 543 g/mol. The second-order valence-corrected chi connectivity index (χ2v) is 12.7. The molecule has 1 aliphatic heterocycles. The molecule has 5 rings (SSSR count). The largest absolute Gasteiger partial charge is 0.493 e. The molecule has 0 saturated carbocycles. The SMILES string of the molecule is COc1cc(C2C3=C(CC(C)(C)CC3=O)N(CC(=O)O)C3=C2C(=O)CC(C)(C)C3)ccc1OCc1ccccc1. The van der Waals surface area contributed by atoms with E-state index in [1.807, 2.05) is 76.2 Å². The number of benzene rings is 2. The van der Waals surface area contributed by atoms with Gasteiger partial charge in [-0.3, -0.25) is 14.4 Å². The molecule has 0 unspecified atom stereocenters. The van der Waals surface area contributed by atoms with Crippen LogP contribution in [0.25, 0.3) is 0 Å². The first-order valence-corrected chi connectivity index (χ1v) is 13.8. The van der Waals surface area contributed by atoms with Crippen LogP contribution in [-0.2, 0) is 21.0 Å². The lowest BCUT2D eigenvalue weighted by Gasteiger charge is -2.48. The highest BCUT2D eigenvalue weighted by Gasteiger charge is 2.49. The van der Waals surface area contributed by atoms with E-state index >= 15 is 0 Å². The van der Waals surface area contributed by atoms with Gasteiger partial charge in [0.1, 0.15) is 13.2 Å².